The van der Waals surface area contributed by atoms with Crippen molar-refractivity contribution < 1.29 is 24.2 Å². The first kappa shape index (κ1) is 11.0. The van der Waals surface area contributed by atoms with Gasteiger partial charge in [-0.05, 0) is 19.3 Å². The van der Waals surface area contributed by atoms with E-state index in [2.05, 4.69) is 0 Å². The minimum Gasteiger partial charge on any atom is -0.481 e. The van der Waals surface area contributed by atoms with Gasteiger partial charge in [0.05, 0.1) is 13.2 Å². The van der Waals surface area contributed by atoms with Crippen LogP contribution in [0.25, 0.3) is 0 Å². The summed E-state index contributed by atoms with van der Waals surface area (Å²) in [6, 6.07) is 0. The molecule has 1 unspecified atom stereocenters. The van der Waals surface area contributed by atoms with Gasteiger partial charge in [0.15, 0.2) is 6.10 Å². The molecule has 0 aliphatic carbocycles. The summed E-state index contributed by atoms with van der Waals surface area (Å²) in [5.74, 6) is -1.09. The maximum absolute atomic E-state index is 10.9. The molecular formula is C9H14O5. The van der Waals surface area contributed by atoms with E-state index in [1.807, 2.05) is 0 Å². The highest BCUT2D eigenvalue weighted by molar-refractivity contribution is 5.76. The SMILES string of the molecule is O=C(O)CCCCCOC(=O)C1CO1. The van der Waals surface area contributed by atoms with Gasteiger partial charge in [0.1, 0.15) is 0 Å². The maximum Gasteiger partial charge on any atom is 0.337 e. The monoisotopic (exact) mass is 202 g/mol. The fraction of sp³-hybridized carbons (Fsp3) is 0.778. The predicted molar refractivity (Wildman–Crippen MR) is 46.8 cm³/mol. The van der Waals surface area contributed by atoms with E-state index in [1.54, 1.807) is 0 Å². The second-order valence-corrected chi connectivity index (χ2v) is 3.19. The Kier molecular flexibility index (Phi) is 4.39. The molecule has 80 valence electrons. The summed E-state index contributed by atoms with van der Waals surface area (Å²) < 4.78 is 9.59. The van der Waals surface area contributed by atoms with Gasteiger partial charge in [-0.3, -0.25) is 4.79 Å². The van der Waals surface area contributed by atoms with Crippen molar-refractivity contribution in [1.29, 1.82) is 0 Å². The fourth-order valence-corrected chi connectivity index (χ4v) is 1.00. The van der Waals surface area contributed by atoms with E-state index >= 15 is 0 Å². The van der Waals surface area contributed by atoms with Crippen LogP contribution in [-0.2, 0) is 19.1 Å². The lowest BCUT2D eigenvalue weighted by atomic mass is 10.2. The van der Waals surface area contributed by atoms with Crippen LogP contribution >= 0.6 is 0 Å². The van der Waals surface area contributed by atoms with E-state index in [1.165, 1.54) is 0 Å². The van der Waals surface area contributed by atoms with Crippen LogP contribution in [0.1, 0.15) is 25.7 Å². The van der Waals surface area contributed by atoms with Crippen molar-refractivity contribution in [2.45, 2.75) is 31.8 Å². The minimum atomic E-state index is -0.784. The van der Waals surface area contributed by atoms with Crippen LogP contribution in [0, 0.1) is 0 Å². The molecule has 1 saturated heterocycles. The molecule has 0 aromatic heterocycles. The van der Waals surface area contributed by atoms with Crippen molar-refractivity contribution in [1.82, 2.24) is 0 Å². The van der Waals surface area contributed by atoms with Crippen LogP contribution in [0.4, 0.5) is 0 Å². The zero-order valence-corrected chi connectivity index (χ0v) is 7.90. The average molecular weight is 202 g/mol. The Morgan fingerprint density at radius 2 is 2.07 bits per heavy atom. The van der Waals surface area contributed by atoms with E-state index < -0.39 is 5.97 Å². The fourth-order valence-electron chi connectivity index (χ4n) is 1.00. The van der Waals surface area contributed by atoms with Gasteiger partial charge in [0.25, 0.3) is 0 Å². The lowest BCUT2D eigenvalue weighted by molar-refractivity contribution is -0.145. The maximum atomic E-state index is 10.9. The number of unbranched alkanes of at least 4 members (excludes halogenated alkanes) is 2. The van der Waals surface area contributed by atoms with Gasteiger partial charge in [0, 0.05) is 6.42 Å². The molecule has 0 bridgehead atoms. The van der Waals surface area contributed by atoms with Crippen LogP contribution in [0.2, 0.25) is 0 Å². The minimum absolute atomic E-state index is 0.180. The number of hydrogen-bond donors (Lipinski definition) is 1. The molecule has 5 heteroatoms. The lowest BCUT2D eigenvalue weighted by Gasteiger charge is -2.01. The van der Waals surface area contributed by atoms with Gasteiger partial charge in [-0.25, -0.2) is 4.79 Å². The Labute approximate surface area is 82.0 Å². The molecule has 0 amide bonds. The summed E-state index contributed by atoms with van der Waals surface area (Å²) in [6.45, 7) is 0.830. The van der Waals surface area contributed by atoms with Crippen molar-refractivity contribution >= 4 is 11.9 Å². The number of carbonyl (C=O) groups excluding carboxylic acids is 1. The molecular weight excluding hydrogens is 188 g/mol. The smallest absolute Gasteiger partial charge is 0.337 e. The summed E-state index contributed by atoms with van der Waals surface area (Å²) in [5, 5.41) is 8.34. The molecule has 1 aliphatic rings. The molecule has 0 spiro atoms. The number of aliphatic carboxylic acids is 1. The van der Waals surface area contributed by atoms with Gasteiger partial charge < -0.3 is 14.6 Å². The molecule has 0 saturated carbocycles. The number of rotatable bonds is 7. The molecule has 1 rings (SSSR count). The number of hydrogen-bond acceptors (Lipinski definition) is 4. The standard InChI is InChI=1S/C9H14O5/c10-8(11)4-2-1-3-5-13-9(12)7-6-14-7/h7H,1-6H2,(H,10,11). The lowest BCUT2D eigenvalue weighted by Crippen LogP contribution is -2.12. The second-order valence-electron chi connectivity index (χ2n) is 3.19. The molecule has 5 nitrogen and oxygen atoms in total. The summed E-state index contributed by atoms with van der Waals surface area (Å²) in [7, 11) is 0. The van der Waals surface area contributed by atoms with E-state index in [0.29, 0.717) is 26.1 Å². The van der Waals surface area contributed by atoms with Gasteiger partial charge in [-0.15, -0.1) is 0 Å². The highest BCUT2D eigenvalue weighted by Crippen LogP contribution is 2.11. The number of esters is 1. The normalized spacial score (nSPS) is 19.0. The molecule has 1 fully saturated rings. The molecule has 0 aromatic rings. The third-order valence-corrected chi connectivity index (χ3v) is 1.88. The van der Waals surface area contributed by atoms with Crippen molar-refractivity contribution in [2.75, 3.05) is 13.2 Å². The van der Waals surface area contributed by atoms with E-state index in [0.717, 1.165) is 6.42 Å². The summed E-state index contributed by atoms with van der Waals surface area (Å²) >= 11 is 0. The molecule has 1 atom stereocenters. The van der Waals surface area contributed by atoms with Gasteiger partial charge in [0.2, 0.25) is 0 Å². The van der Waals surface area contributed by atoms with Crippen molar-refractivity contribution in [3.8, 4) is 0 Å². The Morgan fingerprint density at radius 1 is 1.36 bits per heavy atom. The largest absolute Gasteiger partial charge is 0.481 e. The predicted octanol–water partition coefficient (Wildman–Crippen LogP) is 0.573. The van der Waals surface area contributed by atoms with Crippen molar-refractivity contribution in [3.05, 3.63) is 0 Å². The quantitative estimate of drug-likeness (QED) is 0.371. The number of epoxide rings is 1. The first-order valence-electron chi connectivity index (χ1n) is 4.70. The van der Waals surface area contributed by atoms with Crippen molar-refractivity contribution in [2.24, 2.45) is 0 Å². The van der Waals surface area contributed by atoms with Crippen LogP contribution in [-0.4, -0.2) is 36.4 Å². The van der Waals surface area contributed by atoms with Crippen LogP contribution in [0.15, 0.2) is 0 Å². The molecule has 1 N–H and O–H groups in total. The first-order chi connectivity index (χ1) is 6.70. The number of ether oxygens (including phenoxy) is 2. The van der Waals surface area contributed by atoms with Crippen LogP contribution in [0.3, 0.4) is 0 Å². The third kappa shape index (κ3) is 4.81. The summed E-state index contributed by atoms with van der Waals surface area (Å²) in [4.78, 5) is 21.0. The Morgan fingerprint density at radius 3 is 2.64 bits per heavy atom. The van der Waals surface area contributed by atoms with Gasteiger partial charge in [-0.2, -0.15) is 0 Å². The second kappa shape index (κ2) is 5.59. The van der Waals surface area contributed by atoms with Crippen LogP contribution < -0.4 is 0 Å². The summed E-state index contributed by atoms with van der Waals surface area (Å²) in [5.41, 5.74) is 0. The third-order valence-electron chi connectivity index (χ3n) is 1.88. The first-order valence-corrected chi connectivity index (χ1v) is 4.70. The molecule has 0 aromatic carbocycles. The molecule has 1 aliphatic heterocycles. The number of carboxylic acid groups (broad SMARTS) is 1. The summed E-state index contributed by atoms with van der Waals surface area (Å²) in [6.07, 6.45) is 1.96. The van der Waals surface area contributed by atoms with Crippen molar-refractivity contribution in [3.63, 3.8) is 0 Å². The average Bonchev–Trinajstić information content (AvgIpc) is 2.92. The zero-order valence-electron chi connectivity index (χ0n) is 7.90. The van der Waals surface area contributed by atoms with Crippen LogP contribution in [0.5, 0.6) is 0 Å². The number of carbonyl (C=O) groups is 2. The Hall–Kier alpha value is -1.10. The Balaban J connectivity index is 1.84. The highest BCUT2D eigenvalue weighted by Gasteiger charge is 2.32. The molecule has 0 radical (unpaired) electrons. The number of carboxylic acids is 1. The Bertz CT molecular complexity index is 209. The van der Waals surface area contributed by atoms with Gasteiger partial charge >= 0.3 is 11.9 Å². The van der Waals surface area contributed by atoms with E-state index in [-0.39, 0.29) is 18.5 Å². The molecule has 14 heavy (non-hydrogen) atoms. The molecule has 1 heterocycles. The van der Waals surface area contributed by atoms with E-state index in [4.69, 9.17) is 14.6 Å². The highest BCUT2D eigenvalue weighted by atomic mass is 16.6. The topological polar surface area (TPSA) is 76.1 Å². The zero-order chi connectivity index (χ0) is 10.4. The van der Waals surface area contributed by atoms with E-state index in [9.17, 15) is 9.59 Å². The van der Waals surface area contributed by atoms with Gasteiger partial charge in [-0.1, -0.05) is 0 Å².